The van der Waals surface area contributed by atoms with Crippen LogP contribution >= 0.6 is 0 Å². The van der Waals surface area contributed by atoms with Crippen LogP contribution in [0.3, 0.4) is 0 Å². The molecule has 0 aliphatic carbocycles. The Hall–Kier alpha value is -3.22. The number of nitrogens with zero attached hydrogens (tertiary/aromatic N) is 3. The molecule has 29 heavy (non-hydrogen) atoms. The van der Waals surface area contributed by atoms with E-state index >= 15 is 0 Å². The molecule has 0 radical (unpaired) electrons. The maximum Gasteiger partial charge on any atom is 0.253 e. The second kappa shape index (κ2) is 10.9. The van der Waals surface area contributed by atoms with Crippen molar-refractivity contribution in [1.82, 2.24) is 5.32 Å². The number of carbonyl (C=O) groups is 2. The number of azo groups is 1. The Labute approximate surface area is 172 Å². The molecule has 0 saturated heterocycles. The molecule has 1 unspecified atom stereocenters. The van der Waals surface area contributed by atoms with Crippen molar-refractivity contribution in [3.63, 3.8) is 0 Å². The predicted octanol–water partition coefficient (Wildman–Crippen LogP) is 4.33. The Morgan fingerprint density at radius 3 is 2.38 bits per heavy atom. The van der Waals surface area contributed by atoms with E-state index in [1.807, 2.05) is 43.3 Å². The fourth-order valence-electron chi connectivity index (χ4n) is 2.86. The van der Waals surface area contributed by atoms with Gasteiger partial charge < -0.3 is 16.0 Å². The molecule has 7 heteroatoms. The zero-order valence-corrected chi connectivity index (χ0v) is 17.3. The van der Waals surface area contributed by atoms with Gasteiger partial charge in [-0.3, -0.25) is 9.59 Å². The Kier molecular flexibility index (Phi) is 8.33. The number of amides is 2. The lowest BCUT2D eigenvalue weighted by Crippen LogP contribution is -2.37. The third-order valence-electron chi connectivity index (χ3n) is 4.48. The van der Waals surface area contributed by atoms with Crippen molar-refractivity contribution >= 4 is 28.9 Å². The zero-order chi connectivity index (χ0) is 21.2. The molecule has 0 bridgehead atoms. The Morgan fingerprint density at radius 1 is 1.07 bits per heavy atom. The van der Waals surface area contributed by atoms with Crippen molar-refractivity contribution in [2.45, 2.75) is 38.6 Å². The van der Waals surface area contributed by atoms with Gasteiger partial charge in [-0.2, -0.15) is 5.11 Å². The van der Waals surface area contributed by atoms with Crippen molar-refractivity contribution in [3.05, 3.63) is 54.1 Å². The van der Waals surface area contributed by atoms with E-state index in [1.54, 1.807) is 24.3 Å². The lowest BCUT2D eigenvalue weighted by molar-refractivity contribution is -0.118. The zero-order valence-electron chi connectivity index (χ0n) is 17.3. The average molecular weight is 396 g/mol. The molecule has 0 fully saturated rings. The van der Waals surface area contributed by atoms with E-state index in [9.17, 15) is 9.59 Å². The van der Waals surface area contributed by atoms with E-state index in [4.69, 9.17) is 5.73 Å². The van der Waals surface area contributed by atoms with Gasteiger partial charge in [-0.1, -0.05) is 31.9 Å². The van der Waals surface area contributed by atoms with Gasteiger partial charge in [0.2, 0.25) is 5.91 Å². The average Bonchev–Trinajstić information content (AvgIpc) is 2.70. The number of rotatable bonds is 10. The largest absolute Gasteiger partial charge is 0.378 e. The fourth-order valence-corrected chi connectivity index (χ4v) is 2.86. The van der Waals surface area contributed by atoms with Gasteiger partial charge in [0.05, 0.1) is 16.9 Å². The van der Waals surface area contributed by atoms with Gasteiger partial charge in [0, 0.05) is 32.2 Å². The van der Waals surface area contributed by atoms with Crippen LogP contribution in [0.4, 0.5) is 17.1 Å². The summed E-state index contributed by atoms with van der Waals surface area (Å²) in [4.78, 5) is 26.1. The van der Waals surface area contributed by atoms with E-state index in [1.165, 1.54) is 0 Å². The minimum atomic E-state index is -0.430. The minimum Gasteiger partial charge on any atom is -0.378 e. The molecule has 0 heterocycles. The van der Waals surface area contributed by atoms with E-state index in [-0.39, 0.29) is 18.4 Å². The molecule has 2 aromatic carbocycles. The van der Waals surface area contributed by atoms with Crippen molar-refractivity contribution in [1.29, 1.82) is 0 Å². The number of carbonyl (C=O) groups excluding carboxylic acids is 2. The molecule has 0 aliphatic heterocycles. The molecule has 0 aromatic heterocycles. The van der Waals surface area contributed by atoms with Crippen molar-refractivity contribution < 1.29 is 9.59 Å². The molecule has 0 spiro atoms. The number of benzene rings is 2. The van der Waals surface area contributed by atoms with Crippen LogP contribution in [0.5, 0.6) is 0 Å². The number of nitrogens with one attached hydrogen (secondary N) is 1. The number of primary amides is 1. The van der Waals surface area contributed by atoms with Crippen LogP contribution in [-0.4, -0.2) is 32.0 Å². The first-order chi connectivity index (χ1) is 13.9. The number of nitrogens with two attached hydrogens (primary N) is 1. The van der Waals surface area contributed by atoms with E-state index in [0.29, 0.717) is 23.4 Å². The lowest BCUT2D eigenvalue weighted by Gasteiger charge is -2.17. The molecule has 2 rings (SSSR count). The van der Waals surface area contributed by atoms with Gasteiger partial charge in [-0.15, -0.1) is 5.11 Å². The maximum absolute atomic E-state index is 12.8. The monoisotopic (exact) mass is 395 g/mol. The Balaban J connectivity index is 2.15. The van der Waals surface area contributed by atoms with Crippen LogP contribution in [0.1, 0.15) is 43.0 Å². The summed E-state index contributed by atoms with van der Waals surface area (Å²) in [5, 5.41) is 11.4. The van der Waals surface area contributed by atoms with Crippen molar-refractivity contribution in [2.24, 2.45) is 16.0 Å². The van der Waals surface area contributed by atoms with Crippen LogP contribution in [-0.2, 0) is 4.79 Å². The molecule has 2 aromatic rings. The Bertz CT molecular complexity index is 847. The lowest BCUT2D eigenvalue weighted by atomic mass is 10.1. The summed E-state index contributed by atoms with van der Waals surface area (Å²) >= 11 is 0. The summed E-state index contributed by atoms with van der Waals surface area (Å²) in [7, 11) is 3.94. The number of hydrogen-bond donors (Lipinski definition) is 2. The van der Waals surface area contributed by atoms with E-state index in [0.717, 1.165) is 18.5 Å². The molecule has 7 nitrogen and oxygen atoms in total. The van der Waals surface area contributed by atoms with E-state index in [2.05, 4.69) is 22.5 Å². The van der Waals surface area contributed by atoms with Gasteiger partial charge in [0.15, 0.2) is 0 Å². The number of anilines is 1. The quantitative estimate of drug-likeness (QED) is 0.585. The molecular formula is C22H29N5O2. The van der Waals surface area contributed by atoms with Gasteiger partial charge in [0.1, 0.15) is 0 Å². The predicted molar refractivity (Wildman–Crippen MR) is 116 cm³/mol. The summed E-state index contributed by atoms with van der Waals surface area (Å²) in [5.41, 5.74) is 7.96. The highest BCUT2D eigenvalue weighted by Gasteiger charge is 2.17. The topological polar surface area (TPSA) is 100 Å². The summed E-state index contributed by atoms with van der Waals surface area (Å²) in [5.74, 6) is -0.717. The minimum absolute atomic E-state index is 0.119. The third kappa shape index (κ3) is 7.03. The fraction of sp³-hybridized carbons (Fsp3) is 0.364. The first kappa shape index (κ1) is 22.1. The number of unbranched alkanes of at least 4 members (excludes halogenated alkanes) is 1. The highest BCUT2D eigenvalue weighted by Crippen LogP contribution is 2.24. The summed E-state index contributed by atoms with van der Waals surface area (Å²) in [6.07, 6.45) is 2.70. The van der Waals surface area contributed by atoms with Crippen molar-refractivity contribution in [2.75, 3.05) is 19.0 Å². The molecule has 1 atom stereocenters. The van der Waals surface area contributed by atoms with Gasteiger partial charge in [0.25, 0.3) is 5.91 Å². The molecule has 3 N–H and O–H groups in total. The van der Waals surface area contributed by atoms with Crippen LogP contribution in [0, 0.1) is 0 Å². The molecule has 0 saturated carbocycles. The maximum atomic E-state index is 12.8. The molecular weight excluding hydrogens is 366 g/mol. The third-order valence-corrected chi connectivity index (χ3v) is 4.48. The van der Waals surface area contributed by atoms with E-state index < -0.39 is 5.91 Å². The molecule has 0 aliphatic rings. The summed E-state index contributed by atoms with van der Waals surface area (Å²) < 4.78 is 0. The molecule has 154 valence electrons. The first-order valence-electron chi connectivity index (χ1n) is 9.78. The van der Waals surface area contributed by atoms with Crippen molar-refractivity contribution in [3.8, 4) is 0 Å². The first-order valence-corrected chi connectivity index (χ1v) is 9.78. The number of hydrogen-bond acceptors (Lipinski definition) is 5. The molecule has 2 amide bonds. The van der Waals surface area contributed by atoms with Crippen LogP contribution in [0.2, 0.25) is 0 Å². The van der Waals surface area contributed by atoms with Crippen LogP contribution in [0.15, 0.2) is 58.8 Å². The smallest absolute Gasteiger partial charge is 0.253 e. The SMILES string of the molecule is CCCCC(CC(N)=O)NC(=O)c1ccccc1N=Nc1ccc(N(C)C)cc1. The summed E-state index contributed by atoms with van der Waals surface area (Å²) in [6.45, 7) is 2.06. The second-order valence-electron chi connectivity index (χ2n) is 7.11. The van der Waals surface area contributed by atoms with Crippen LogP contribution in [0.25, 0.3) is 0 Å². The second-order valence-corrected chi connectivity index (χ2v) is 7.11. The van der Waals surface area contributed by atoms with Gasteiger partial charge >= 0.3 is 0 Å². The standard InChI is InChI=1S/C22H29N5O2/c1-4-5-8-17(15-21(23)28)24-22(29)19-9-6-7-10-20(19)26-25-16-11-13-18(14-12-16)27(2)3/h6-7,9-14,17H,4-5,8,15H2,1-3H3,(H2,23,28)(H,24,29). The highest BCUT2D eigenvalue weighted by molar-refractivity contribution is 5.99. The Morgan fingerprint density at radius 2 is 1.76 bits per heavy atom. The normalized spacial score (nSPS) is 12.0. The highest BCUT2D eigenvalue weighted by atomic mass is 16.2. The van der Waals surface area contributed by atoms with Gasteiger partial charge in [-0.25, -0.2) is 0 Å². The van der Waals surface area contributed by atoms with Gasteiger partial charge in [-0.05, 0) is 42.8 Å². The van der Waals surface area contributed by atoms with Crippen LogP contribution < -0.4 is 16.0 Å². The summed E-state index contributed by atoms with van der Waals surface area (Å²) in [6, 6.07) is 14.4.